The molecule has 0 heterocycles. The van der Waals surface area contributed by atoms with Crippen molar-refractivity contribution in [3.63, 3.8) is 0 Å². The van der Waals surface area contributed by atoms with E-state index in [0.717, 1.165) is 0 Å². The van der Waals surface area contributed by atoms with Gasteiger partial charge in [-0.15, -0.1) is 0 Å². The second-order valence-corrected chi connectivity index (χ2v) is 4.03. The molecule has 0 saturated carbocycles. The number of benzene rings is 1. The number of nitrogens with one attached hydrogen (secondary N) is 2. The Bertz CT molecular complexity index is 499. The fourth-order valence-electron chi connectivity index (χ4n) is 1.44. The predicted octanol–water partition coefficient (Wildman–Crippen LogP) is 0.104. The molecule has 0 bridgehead atoms. The lowest BCUT2D eigenvalue weighted by Crippen LogP contribution is -2.38. The number of hydrogen-bond donors (Lipinski definition) is 2. The number of methoxy groups -OCH3 is 1. The number of amides is 2. The first-order valence-electron chi connectivity index (χ1n) is 6.41. The van der Waals surface area contributed by atoms with Gasteiger partial charge in [0.2, 0.25) is 5.91 Å². The van der Waals surface area contributed by atoms with Gasteiger partial charge in [-0.2, -0.15) is 0 Å². The molecule has 114 valence electrons. The number of carbonyl (C=O) groups excluding carboxylic acids is 3. The quantitative estimate of drug-likeness (QED) is 0.696. The monoisotopic (exact) mass is 294 g/mol. The molecule has 0 aromatic heterocycles. The highest BCUT2D eigenvalue weighted by molar-refractivity contribution is 5.89. The van der Waals surface area contributed by atoms with E-state index in [4.69, 9.17) is 4.74 Å². The Hall–Kier alpha value is -2.57. The molecule has 0 unspecified atom stereocenters. The third kappa shape index (κ3) is 5.94. The van der Waals surface area contributed by atoms with Crippen molar-refractivity contribution in [2.24, 2.45) is 0 Å². The van der Waals surface area contributed by atoms with Gasteiger partial charge >= 0.3 is 5.97 Å². The highest BCUT2D eigenvalue weighted by Crippen LogP contribution is 2.12. The van der Waals surface area contributed by atoms with Gasteiger partial charge in [-0.3, -0.25) is 9.59 Å². The molecule has 2 N–H and O–H groups in total. The summed E-state index contributed by atoms with van der Waals surface area (Å²) >= 11 is 0. The van der Waals surface area contributed by atoms with E-state index < -0.39 is 11.9 Å². The molecule has 0 aliphatic carbocycles. The lowest BCUT2D eigenvalue weighted by molar-refractivity contribution is -0.127. The fourth-order valence-corrected chi connectivity index (χ4v) is 1.44. The molecule has 21 heavy (non-hydrogen) atoms. The van der Waals surface area contributed by atoms with Crippen molar-refractivity contribution in [3.05, 3.63) is 29.8 Å². The maximum atomic E-state index is 11.5. The largest absolute Gasteiger partial charge is 0.484 e. The van der Waals surface area contributed by atoms with Gasteiger partial charge in [0, 0.05) is 6.54 Å². The van der Waals surface area contributed by atoms with Crippen LogP contribution < -0.4 is 15.4 Å². The van der Waals surface area contributed by atoms with Crippen molar-refractivity contribution in [2.45, 2.75) is 6.92 Å². The topological polar surface area (TPSA) is 93.7 Å². The van der Waals surface area contributed by atoms with Gasteiger partial charge in [0.1, 0.15) is 5.75 Å². The zero-order chi connectivity index (χ0) is 15.7. The van der Waals surface area contributed by atoms with E-state index in [1.807, 2.05) is 0 Å². The van der Waals surface area contributed by atoms with Gasteiger partial charge in [0.15, 0.2) is 6.61 Å². The summed E-state index contributed by atoms with van der Waals surface area (Å²) in [5, 5.41) is 4.98. The van der Waals surface area contributed by atoms with Crippen LogP contribution in [0.1, 0.15) is 17.3 Å². The van der Waals surface area contributed by atoms with Crippen LogP contribution in [0.2, 0.25) is 0 Å². The number of carbonyl (C=O) groups is 3. The SMILES string of the molecule is CCNC(=O)CNC(=O)COc1ccc(C(=O)OC)cc1. The zero-order valence-electron chi connectivity index (χ0n) is 12.0. The summed E-state index contributed by atoms with van der Waals surface area (Å²) in [5.74, 6) is -0.663. The van der Waals surface area contributed by atoms with Gasteiger partial charge in [0.25, 0.3) is 5.91 Å². The highest BCUT2D eigenvalue weighted by atomic mass is 16.5. The number of ether oxygens (including phenoxy) is 2. The van der Waals surface area contributed by atoms with Crippen molar-refractivity contribution in [1.82, 2.24) is 10.6 Å². The van der Waals surface area contributed by atoms with E-state index in [-0.39, 0.29) is 19.1 Å². The molecule has 7 heteroatoms. The molecule has 0 radical (unpaired) electrons. The Morgan fingerprint density at radius 2 is 1.71 bits per heavy atom. The summed E-state index contributed by atoms with van der Waals surface area (Å²) in [6, 6.07) is 6.19. The minimum Gasteiger partial charge on any atom is -0.484 e. The smallest absolute Gasteiger partial charge is 0.337 e. The van der Waals surface area contributed by atoms with Crippen LogP contribution in [0.3, 0.4) is 0 Å². The van der Waals surface area contributed by atoms with E-state index >= 15 is 0 Å². The number of hydrogen-bond acceptors (Lipinski definition) is 5. The molecule has 0 spiro atoms. The molecular formula is C14H18N2O5. The summed E-state index contributed by atoms with van der Waals surface area (Å²) in [7, 11) is 1.30. The van der Waals surface area contributed by atoms with Crippen LogP contribution in [-0.2, 0) is 14.3 Å². The molecular weight excluding hydrogens is 276 g/mol. The van der Waals surface area contributed by atoms with Crippen molar-refractivity contribution in [3.8, 4) is 5.75 Å². The number of likely N-dealkylation sites (N-methyl/N-ethyl adjacent to an activating group) is 1. The third-order valence-corrected chi connectivity index (χ3v) is 2.47. The summed E-state index contributed by atoms with van der Waals surface area (Å²) < 4.78 is 9.80. The predicted molar refractivity (Wildman–Crippen MR) is 75.0 cm³/mol. The van der Waals surface area contributed by atoms with Crippen LogP contribution in [0.4, 0.5) is 0 Å². The van der Waals surface area contributed by atoms with Crippen LogP contribution in [0.5, 0.6) is 5.75 Å². The lowest BCUT2D eigenvalue weighted by atomic mass is 10.2. The molecule has 0 fully saturated rings. The maximum absolute atomic E-state index is 11.5. The van der Waals surface area contributed by atoms with Gasteiger partial charge in [-0.05, 0) is 31.2 Å². The van der Waals surface area contributed by atoms with Gasteiger partial charge < -0.3 is 20.1 Å². The van der Waals surface area contributed by atoms with Crippen LogP contribution in [0, 0.1) is 0 Å². The van der Waals surface area contributed by atoms with Crippen LogP contribution in [-0.4, -0.2) is 44.6 Å². The summed E-state index contributed by atoms with van der Waals surface area (Å²) in [5.41, 5.74) is 0.394. The molecule has 1 aromatic carbocycles. The van der Waals surface area contributed by atoms with Crippen LogP contribution >= 0.6 is 0 Å². The van der Waals surface area contributed by atoms with Gasteiger partial charge in [-0.25, -0.2) is 4.79 Å². The minimum atomic E-state index is -0.443. The minimum absolute atomic E-state index is 0.0860. The molecule has 0 saturated heterocycles. The summed E-state index contributed by atoms with van der Waals surface area (Å²) in [6.45, 7) is 2.01. The first-order valence-corrected chi connectivity index (χ1v) is 6.41. The van der Waals surface area contributed by atoms with Crippen LogP contribution in [0.25, 0.3) is 0 Å². The average molecular weight is 294 g/mol. The Morgan fingerprint density at radius 1 is 1.05 bits per heavy atom. The lowest BCUT2D eigenvalue weighted by Gasteiger charge is -2.08. The van der Waals surface area contributed by atoms with E-state index in [0.29, 0.717) is 17.9 Å². The zero-order valence-corrected chi connectivity index (χ0v) is 12.0. The van der Waals surface area contributed by atoms with E-state index in [9.17, 15) is 14.4 Å². The Balaban J connectivity index is 2.36. The summed E-state index contributed by atoms with van der Waals surface area (Å²) in [4.78, 5) is 33.8. The third-order valence-electron chi connectivity index (χ3n) is 2.47. The first-order chi connectivity index (χ1) is 10.1. The number of rotatable bonds is 7. The number of esters is 1. The second kappa shape index (κ2) is 8.57. The van der Waals surface area contributed by atoms with Crippen molar-refractivity contribution < 1.29 is 23.9 Å². The normalized spacial score (nSPS) is 9.62. The van der Waals surface area contributed by atoms with Crippen molar-refractivity contribution in [2.75, 3.05) is 26.8 Å². The molecule has 0 atom stereocenters. The van der Waals surface area contributed by atoms with E-state index in [1.54, 1.807) is 19.1 Å². The molecule has 1 aromatic rings. The van der Waals surface area contributed by atoms with E-state index in [2.05, 4.69) is 15.4 Å². The maximum Gasteiger partial charge on any atom is 0.337 e. The molecule has 0 aliphatic heterocycles. The van der Waals surface area contributed by atoms with Crippen molar-refractivity contribution >= 4 is 17.8 Å². The highest BCUT2D eigenvalue weighted by Gasteiger charge is 2.07. The second-order valence-electron chi connectivity index (χ2n) is 4.03. The Kier molecular flexibility index (Phi) is 6.73. The average Bonchev–Trinajstić information content (AvgIpc) is 2.51. The molecule has 0 aliphatic rings. The molecule has 2 amide bonds. The summed E-state index contributed by atoms with van der Waals surface area (Å²) in [6.07, 6.45) is 0. The molecule has 7 nitrogen and oxygen atoms in total. The Labute approximate surface area is 122 Å². The van der Waals surface area contributed by atoms with Gasteiger partial charge in [-0.1, -0.05) is 0 Å². The van der Waals surface area contributed by atoms with Crippen molar-refractivity contribution in [1.29, 1.82) is 0 Å². The fraction of sp³-hybridized carbons (Fsp3) is 0.357. The standard InChI is InChI=1S/C14H18N2O5/c1-3-15-12(17)8-16-13(18)9-21-11-6-4-10(5-7-11)14(19)20-2/h4-7H,3,8-9H2,1-2H3,(H,15,17)(H,16,18). The van der Waals surface area contributed by atoms with Crippen LogP contribution in [0.15, 0.2) is 24.3 Å². The van der Waals surface area contributed by atoms with E-state index in [1.165, 1.54) is 19.2 Å². The van der Waals surface area contributed by atoms with Gasteiger partial charge in [0.05, 0.1) is 19.2 Å². The molecule has 1 rings (SSSR count). The first kappa shape index (κ1) is 16.5. The Morgan fingerprint density at radius 3 is 2.29 bits per heavy atom.